The molecule has 0 spiro atoms. The highest BCUT2D eigenvalue weighted by molar-refractivity contribution is 5.58. The number of benzene rings is 2. The van der Waals surface area contributed by atoms with Crippen molar-refractivity contribution in [2.45, 2.75) is 153 Å². The minimum atomic E-state index is -4.38. The average molecular weight is 851 g/mol. The molecule has 4 fully saturated rings. The van der Waals surface area contributed by atoms with Crippen LogP contribution in [0, 0.1) is 13.8 Å². The molecule has 4 aromatic rings. The van der Waals surface area contributed by atoms with E-state index in [9.17, 15) is 31.4 Å². The number of hydrogen-bond donors (Lipinski definition) is 1. The molecule has 7 atom stereocenters. The normalized spacial score (nSPS) is 24.1. The van der Waals surface area contributed by atoms with Crippen molar-refractivity contribution < 1.29 is 40.9 Å². The third kappa shape index (κ3) is 10.5. The molecule has 2 aromatic carbocycles. The van der Waals surface area contributed by atoms with Crippen molar-refractivity contribution in [3.05, 3.63) is 113 Å². The van der Waals surface area contributed by atoms with Crippen LogP contribution in [-0.2, 0) is 12.4 Å². The minimum Gasteiger partial charge on any atom is -0.490 e. The maximum Gasteiger partial charge on any atom is 0.417 e. The Kier molecular flexibility index (Phi) is 13.6. The van der Waals surface area contributed by atoms with E-state index in [1.54, 1.807) is 0 Å². The first-order valence-corrected chi connectivity index (χ1v) is 21.6. The van der Waals surface area contributed by atoms with Gasteiger partial charge in [0, 0.05) is 73.4 Å². The van der Waals surface area contributed by atoms with Gasteiger partial charge in [-0.05, 0) is 101 Å². The van der Waals surface area contributed by atoms with E-state index in [-0.39, 0.29) is 36.4 Å². The summed E-state index contributed by atoms with van der Waals surface area (Å²) in [7, 11) is 0. The Balaban J connectivity index is 0.000000184. The topological polar surface area (TPSA) is 71.0 Å². The molecule has 328 valence electrons. The molecule has 4 bridgehead atoms. The van der Waals surface area contributed by atoms with Crippen LogP contribution in [0.3, 0.4) is 0 Å². The summed E-state index contributed by atoms with van der Waals surface area (Å²) >= 11 is 0. The zero-order valence-corrected chi connectivity index (χ0v) is 35.2. The number of rotatable bonds is 11. The highest BCUT2D eigenvalue weighted by atomic mass is 19.4. The molecule has 1 N–H and O–H groups in total. The van der Waals surface area contributed by atoms with Crippen LogP contribution in [0.25, 0.3) is 6.08 Å². The molecule has 61 heavy (non-hydrogen) atoms. The van der Waals surface area contributed by atoms with Crippen molar-refractivity contribution >= 4 is 17.7 Å². The standard InChI is InChI=1S/C24H29F3N2O2.C24H27F3N2O/c1-3-4-21(30)20-11-15(2)5-9-22(20)31-19-12-17-7-8-18(13-19)29(17)23-10-6-16(14-28-23)24(25,26)27;1-3-4-5-17-12-16(2)6-10-22(17)30-21-13-19-8-9-20(14-21)29(19)23-11-7-18(15-28-23)24(25,26)27/h5-6,9-11,14,17-19,21,30H,3-4,7-8,12-13H2,1-2H3;4-7,10-12,15,19-21H,3,8-9,13-14H2,1-2H3/b;5-4+/t17-,18+,19?,21?;19-,20+,21?. The molecule has 0 aliphatic carbocycles. The molecule has 0 radical (unpaired) electrons. The molecule has 4 aliphatic rings. The fourth-order valence-corrected chi connectivity index (χ4v) is 9.58. The second kappa shape index (κ2) is 18.7. The Morgan fingerprint density at radius 3 is 1.56 bits per heavy atom. The second-order valence-electron chi connectivity index (χ2n) is 17.0. The quantitative estimate of drug-likeness (QED) is 0.151. The van der Waals surface area contributed by atoms with E-state index in [1.807, 2.05) is 38.1 Å². The van der Waals surface area contributed by atoms with Gasteiger partial charge in [0.15, 0.2) is 0 Å². The molecule has 0 saturated carbocycles. The van der Waals surface area contributed by atoms with E-state index >= 15 is 0 Å². The van der Waals surface area contributed by atoms with Crippen LogP contribution in [0.1, 0.15) is 124 Å². The number of aryl methyl sites for hydroxylation is 2. The van der Waals surface area contributed by atoms with Crippen molar-refractivity contribution in [3.8, 4) is 11.5 Å². The van der Waals surface area contributed by atoms with Crippen molar-refractivity contribution in [1.82, 2.24) is 9.97 Å². The number of piperidine rings is 2. The van der Waals surface area contributed by atoms with Crippen molar-refractivity contribution in [2.24, 2.45) is 0 Å². The SMILES string of the molecule is CC/C=C/c1cc(C)ccc1OC1C[C@H]2CC[C@@H](C1)N2c1ccc(C(F)(F)F)cn1.CCCC(O)c1cc(C)ccc1OC1C[C@H]2CC[C@@H](C1)N2c1ccc(C(F)(F)F)cn1. The maximum absolute atomic E-state index is 12.9. The van der Waals surface area contributed by atoms with Gasteiger partial charge in [-0.2, -0.15) is 26.3 Å². The number of aliphatic hydroxyl groups is 1. The lowest BCUT2D eigenvalue weighted by Gasteiger charge is -2.40. The summed E-state index contributed by atoms with van der Waals surface area (Å²) in [6.07, 6.45) is 6.74. The number of aromatic nitrogens is 2. The van der Waals surface area contributed by atoms with Crippen molar-refractivity contribution in [2.75, 3.05) is 9.80 Å². The first-order valence-electron chi connectivity index (χ1n) is 21.6. The summed E-state index contributed by atoms with van der Waals surface area (Å²) < 4.78 is 89.9. The summed E-state index contributed by atoms with van der Waals surface area (Å²) in [5.41, 5.74) is 2.78. The van der Waals surface area contributed by atoms with E-state index in [1.165, 1.54) is 17.7 Å². The maximum atomic E-state index is 12.9. The molecule has 6 heterocycles. The number of halogens is 6. The molecule has 7 nitrogen and oxygen atoms in total. The number of nitrogens with zero attached hydrogens (tertiary/aromatic N) is 4. The summed E-state index contributed by atoms with van der Waals surface area (Å²) in [6, 6.07) is 18.3. The number of allylic oxidation sites excluding steroid dienone is 1. The highest BCUT2D eigenvalue weighted by Gasteiger charge is 2.44. The van der Waals surface area contributed by atoms with Gasteiger partial charge in [-0.3, -0.25) is 0 Å². The molecular weight excluding hydrogens is 795 g/mol. The van der Waals surface area contributed by atoms with Gasteiger partial charge in [0.1, 0.15) is 35.3 Å². The van der Waals surface area contributed by atoms with E-state index in [0.29, 0.717) is 18.1 Å². The van der Waals surface area contributed by atoms with Gasteiger partial charge >= 0.3 is 12.4 Å². The molecule has 4 saturated heterocycles. The van der Waals surface area contributed by atoms with Crippen LogP contribution in [-0.4, -0.2) is 51.4 Å². The second-order valence-corrected chi connectivity index (χ2v) is 17.0. The lowest BCUT2D eigenvalue weighted by Crippen LogP contribution is -2.47. The Hall–Kier alpha value is -4.78. The van der Waals surface area contributed by atoms with Gasteiger partial charge in [0.25, 0.3) is 0 Å². The first-order chi connectivity index (χ1) is 29.1. The summed E-state index contributed by atoms with van der Waals surface area (Å²) in [6.45, 7) is 8.22. The van der Waals surface area contributed by atoms with Crippen LogP contribution in [0.5, 0.6) is 11.5 Å². The van der Waals surface area contributed by atoms with Crippen LogP contribution < -0.4 is 19.3 Å². The molecule has 3 unspecified atom stereocenters. The Bertz CT molecular complexity index is 2080. The monoisotopic (exact) mass is 850 g/mol. The zero-order chi connectivity index (χ0) is 43.5. The number of ether oxygens (including phenoxy) is 2. The van der Waals surface area contributed by atoms with Gasteiger partial charge in [-0.15, -0.1) is 0 Å². The molecule has 8 rings (SSSR count). The van der Waals surface area contributed by atoms with Crippen molar-refractivity contribution in [3.63, 3.8) is 0 Å². The zero-order valence-electron chi connectivity index (χ0n) is 35.2. The number of pyridine rings is 2. The number of anilines is 2. The number of aliphatic hydroxyl groups excluding tert-OH is 1. The lowest BCUT2D eigenvalue weighted by molar-refractivity contribution is -0.138. The minimum absolute atomic E-state index is 0.0125. The predicted octanol–water partition coefficient (Wildman–Crippen LogP) is 12.2. The Morgan fingerprint density at radius 2 is 1.13 bits per heavy atom. The summed E-state index contributed by atoms with van der Waals surface area (Å²) in [5, 5.41) is 10.6. The third-order valence-electron chi connectivity index (χ3n) is 12.4. The Labute approximate surface area is 354 Å². The number of hydrogen-bond acceptors (Lipinski definition) is 7. The van der Waals surface area contributed by atoms with E-state index < -0.39 is 29.6 Å². The fraction of sp³-hybridized carbons (Fsp3) is 0.500. The van der Waals surface area contributed by atoms with Crippen molar-refractivity contribution in [1.29, 1.82) is 0 Å². The van der Waals surface area contributed by atoms with E-state index in [2.05, 4.69) is 57.9 Å². The average Bonchev–Trinajstić information content (AvgIpc) is 3.65. The fourth-order valence-electron chi connectivity index (χ4n) is 9.58. The van der Waals surface area contributed by atoms with Gasteiger partial charge in [0.05, 0.1) is 17.2 Å². The van der Waals surface area contributed by atoms with E-state index in [4.69, 9.17) is 9.47 Å². The van der Waals surface area contributed by atoms with Crippen LogP contribution in [0.2, 0.25) is 0 Å². The molecular formula is C48H56F6N4O3. The molecule has 0 amide bonds. The predicted molar refractivity (Wildman–Crippen MR) is 226 cm³/mol. The molecule has 2 aromatic heterocycles. The summed E-state index contributed by atoms with van der Waals surface area (Å²) in [5.74, 6) is 2.87. The van der Waals surface area contributed by atoms with E-state index in [0.717, 1.165) is 117 Å². The molecule has 4 aliphatic heterocycles. The van der Waals surface area contributed by atoms with Gasteiger partial charge in [-0.25, -0.2) is 9.97 Å². The van der Waals surface area contributed by atoms with Gasteiger partial charge in [0.2, 0.25) is 0 Å². The number of alkyl halides is 6. The van der Waals surface area contributed by atoms with Crippen LogP contribution >= 0.6 is 0 Å². The third-order valence-corrected chi connectivity index (χ3v) is 12.4. The van der Waals surface area contributed by atoms with Gasteiger partial charge < -0.3 is 24.4 Å². The van der Waals surface area contributed by atoms with Gasteiger partial charge in [-0.1, -0.05) is 55.7 Å². The Morgan fingerprint density at radius 1 is 0.672 bits per heavy atom. The molecule has 13 heteroatoms. The largest absolute Gasteiger partial charge is 0.490 e. The first kappa shape index (κ1) is 44.3. The van der Waals surface area contributed by atoms with Crippen LogP contribution in [0.15, 0.2) is 79.1 Å². The van der Waals surface area contributed by atoms with Crippen LogP contribution in [0.4, 0.5) is 38.0 Å². The highest BCUT2D eigenvalue weighted by Crippen LogP contribution is 2.43. The lowest BCUT2D eigenvalue weighted by atomic mass is 9.98. The smallest absolute Gasteiger partial charge is 0.417 e. The number of fused-ring (bicyclic) bond motifs is 4. The summed E-state index contributed by atoms with van der Waals surface area (Å²) in [4.78, 5) is 12.6.